The Balaban J connectivity index is 1.83. The Morgan fingerprint density at radius 2 is 1.34 bits per heavy atom. The van der Waals surface area contributed by atoms with Gasteiger partial charge in [-0.1, -0.05) is 72.8 Å². The predicted octanol–water partition coefficient (Wildman–Crippen LogP) is 5.50. The van der Waals surface area contributed by atoms with Crippen LogP contribution < -0.4 is 5.73 Å². The first-order chi connectivity index (χ1) is 16.6. The smallest absolute Gasteiger partial charge is 0.297 e. The highest BCUT2D eigenvalue weighted by Gasteiger charge is 2.20. The van der Waals surface area contributed by atoms with Crippen LogP contribution in [0.15, 0.2) is 98.9 Å². The molecule has 9 nitrogen and oxygen atoms in total. The maximum absolute atomic E-state index is 12.3. The van der Waals surface area contributed by atoms with Gasteiger partial charge in [-0.05, 0) is 34.7 Å². The first kappa shape index (κ1) is 24.2. The molecule has 11 heteroatoms. The van der Waals surface area contributed by atoms with Crippen molar-refractivity contribution in [2.75, 3.05) is 5.73 Å². The fourth-order valence-corrected chi connectivity index (χ4v) is 5.04. The Kier molecular flexibility index (Phi) is 6.50. The molecule has 0 aromatic heterocycles. The second-order valence-corrected chi connectivity index (χ2v) is 10.2. The van der Waals surface area contributed by atoms with Gasteiger partial charge in [-0.15, -0.1) is 10.2 Å². The Labute approximate surface area is 201 Å². The molecule has 35 heavy (non-hydrogen) atoms. The van der Waals surface area contributed by atoms with Crippen LogP contribution in [0.2, 0.25) is 0 Å². The van der Waals surface area contributed by atoms with E-state index in [1.54, 1.807) is 24.3 Å². The van der Waals surface area contributed by atoms with Crippen LogP contribution >= 0.6 is 0 Å². The maximum atomic E-state index is 12.3. The fraction of sp³-hybridized carbons (Fsp3) is 0. The minimum atomic E-state index is -4.77. The maximum Gasteiger partial charge on any atom is 0.297 e. The lowest BCUT2D eigenvalue weighted by Gasteiger charge is -2.08. The summed E-state index contributed by atoms with van der Waals surface area (Å²) in [5.41, 5.74) is 6.73. The first-order valence-electron chi connectivity index (χ1n) is 10.1. The van der Waals surface area contributed by atoms with Crippen molar-refractivity contribution in [3.63, 3.8) is 0 Å². The van der Waals surface area contributed by atoms with Crippen molar-refractivity contribution in [1.29, 1.82) is 0 Å². The molecule has 0 atom stereocenters. The number of rotatable bonds is 6. The van der Waals surface area contributed by atoms with Crippen molar-refractivity contribution < 1.29 is 25.9 Å². The minimum Gasteiger partial charge on any atom is -0.397 e. The molecule has 0 saturated carbocycles. The highest BCUT2D eigenvalue weighted by atomic mass is 32.2. The standard InChI is InChI=1S/C24H19N3O6S2/c25-20-15-14-16-6-1-3-9-19(16)23(20)27-26-21-10-5-8-18(24(21)35(31,32)33)13-12-17-7-2-4-11-22(17)34(28,29)30/h1-15H,25H2,(H,28,29,30)(H,31,32,33). The number of hydrogen-bond donors (Lipinski definition) is 3. The molecule has 178 valence electrons. The first-order valence-corrected chi connectivity index (χ1v) is 13.0. The number of nitrogen functional groups attached to an aromatic ring is 1. The zero-order valence-corrected chi connectivity index (χ0v) is 19.6. The van der Waals surface area contributed by atoms with Gasteiger partial charge in [0, 0.05) is 5.39 Å². The van der Waals surface area contributed by atoms with Gasteiger partial charge in [0.05, 0.1) is 5.69 Å². The van der Waals surface area contributed by atoms with Crippen LogP contribution in [-0.2, 0) is 20.2 Å². The summed E-state index contributed by atoms with van der Waals surface area (Å²) in [6.07, 6.45) is 2.59. The van der Waals surface area contributed by atoms with Gasteiger partial charge >= 0.3 is 0 Å². The van der Waals surface area contributed by atoms with Crippen molar-refractivity contribution in [3.8, 4) is 0 Å². The van der Waals surface area contributed by atoms with E-state index in [0.717, 1.165) is 5.39 Å². The van der Waals surface area contributed by atoms with E-state index in [0.29, 0.717) is 16.8 Å². The molecule has 4 rings (SSSR count). The SMILES string of the molecule is Nc1ccc2ccccc2c1N=Nc1cccc(C=Cc2ccccc2S(=O)(=O)O)c1S(=O)(=O)O. The van der Waals surface area contributed by atoms with Gasteiger partial charge in [0.2, 0.25) is 0 Å². The van der Waals surface area contributed by atoms with E-state index < -0.39 is 25.1 Å². The van der Waals surface area contributed by atoms with E-state index in [4.69, 9.17) is 5.73 Å². The highest BCUT2D eigenvalue weighted by Crippen LogP contribution is 2.35. The van der Waals surface area contributed by atoms with Crippen molar-refractivity contribution >= 4 is 60.2 Å². The Bertz CT molecular complexity index is 1710. The summed E-state index contributed by atoms with van der Waals surface area (Å²) >= 11 is 0. The van der Waals surface area contributed by atoms with E-state index >= 15 is 0 Å². The number of nitrogens with zero attached hydrogens (tertiary/aromatic N) is 2. The Morgan fingerprint density at radius 1 is 0.686 bits per heavy atom. The average Bonchev–Trinajstić information content (AvgIpc) is 2.81. The van der Waals surface area contributed by atoms with Crippen molar-refractivity contribution in [2.45, 2.75) is 9.79 Å². The molecular weight excluding hydrogens is 490 g/mol. The summed E-state index contributed by atoms with van der Waals surface area (Å²) in [6.45, 7) is 0. The molecule has 4 N–H and O–H groups in total. The minimum absolute atomic E-state index is 0.0278. The van der Waals surface area contributed by atoms with E-state index in [-0.39, 0.29) is 21.7 Å². The molecule has 0 radical (unpaired) electrons. The third-order valence-electron chi connectivity index (χ3n) is 5.11. The van der Waals surface area contributed by atoms with Crippen LogP contribution in [0.5, 0.6) is 0 Å². The van der Waals surface area contributed by atoms with Gasteiger partial charge in [-0.2, -0.15) is 16.8 Å². The van der Waals surface area contributed by atoms with Crippen LogP contribution in [0.25, 0.3) is 22.9 Å². The fourth-order valence-electron chi connectivity index (χ4n) is 3.55. The molecule has 0 bridgehead atoms. The lowest BCUT2D eigenvalue weighted by Crippen LogP contribution is -2.02. The number of azo groups is 1. The molecular formula is C24H19N3O6S2. The average molecular weight is 510 g/mol. The Morgan fingerprint density at radius 3 is 2.09 bits per heavy atom. The summed E-state index contributed by atoms with van der Waals surface area (Å²) in [7, 11) is -9.28. The lowest BCUT2D eigenvalue weighted by molar-refractivity contribution is 0.480. The van der Waals surface area contributed by atoms with Crippen molar-refractivity contribution in [2.24, 2.45) is 10.2 Å². The van der Waals surface area contributed by atoms with Crippen LogP contribution in [-0.4, -0.2) is 25.9 Å². The number of benzene rings is 4. The molecule has 0 heterocycles. The molecule has 0 spiro atoms. The topological polar surface area (TPSA) is 159 Å². The second-order valence-electron chi connectivity index (χ2n) is 7.44. The largest absolute Gasteiger partial charge is 0.397 e. The van der Waals surface area contributed by atoms with E-state index in [1.165, 1.54) is 48.6 Å². The van der Waals surface area contributed by atoms with Crippen LogP contribution in [0, 0.1) is 0 Å². The van der Waals surface area contributed by atoms with E-state index in [2.05, 4.69) is 10.2 Å². The van der Waals surface area contributed by atoms with Crippen molar-refractivity contribution in [1.82, 2.24) is 0 Å². The Hall–Kier alpha value is -3.90. The molecule has 0 unspecified atom stereocenters. The molecule has 0 fully saturated rings. The van der Waals surface area contributed by atoms with E-state index in [9.17, 15) is 25.9 Å². The molecule has 4 aromatic carbocycles. The molecule has 0 aliphatic carbocycles. The summed E-state index contributed by atoms with van der Waals surface area (Å²) < 4.78 is 67.2. The van der Waals surface area contributed by atoms with Gasteiger partial charge in [0.25, 0.3) is 20.2 Å². The monoisotopic (exact) mass is 509 g/mol. The van der Waals surface area contributed by atoms with Gasteiger partial charge in [0.1, 0.15) is 21.2 Å². The predicted molar refractivity (Wildman–Crippen MR) is 134 cm³/mol. The summed E-state index contributed by atoms with van der Waals surface area (Å²) in [4.78, 5) is -0.880. The van der Waals surface area contributed by atoms with Gasteiger partial charge < -0.3 is 5.73 Å². The zero-order valence-electron chi connectivity index (χ0n) is 18.0. The summed E-state index contributed by atoms with van der Waals surface area (Å²) in [5, 5.41) is 9.81. The quantitative estimate of drug-likeness (QED) is 0.134. The highest BCUT2D eigenvalue weighted by molar-refractivity contribution is 7.86. The summed E-state index contributed by atoms with van der Waals surface area (Å²) in [5.74, 6) is 0. The summed E-state index contributed by atoms with van der Waals surface area (Å²) in [6, 6.07) is 20.7. The lowest BCUT2D eigenvalue weighted by atomic mass is 10.1. The molecule has 4 aromatic rings. The second kappa shape index (κ2) is 9.39. The van der Waals surface area contributed by atoms with Crippen LogP contribution in [0.1, 0.15) is 11.1 Å². The molecule has 0 amide bonds. The van der Waals surface area contributed by atoms with Crippen LogP contribution in [0.3, 0.4) is 0 Å². The third kappa shape index (κ3) is 5.28. The third-order valence-corrected chi connectivity index (χ3v) is 7.00. The van der Waals surface area contributed by atoms with Crippen molar-refractivity contribution in [3.05, 3.63) is 90.0 Å². The zero-order chi connectivity index (χ0) is 25.2. The molecule has 0 saturated heterocycles. The van der Waals surface area contributed by atoms with Gasteiger partial charge in [-0.25, -0.2) is 0 Å². The number of anilines is 1. The normalized spacial score (nSPS) is 12.6. The van der Waals surface area contributed by atoms with Gasteiger partial charge in [-0.3, -0.25) is 9.11 Å². The number of fused-ring (bicyclic) bond motifs is 1. The number of nitrogens with two attached hydrogens (primary N) is 1. The van der Waals surface area contributed by atoms with Crippen LogP contribution in [0.4, 0.5) is 17.1 Å². The number of hydrogen-bond acceptors (Lipinski definition) is 7. The van der Waals surface area contributed by atoms with Gasteiger partial charge in [0.15, 0.2) is 0 Å². The molecule has 0 aliphatic rings. The van der Waals surface area contributed by atoms with E-state index in [1.807, 2.05) is 18.2 Å². The molecule has 0 aliphatic heterocycles.